The maximum atomic E-state index is 13.6. The third-order valence-electron chi connectivity index (χ3n) is 13.4. The van der Waals surface area contributed by atoms with Crippen LogP contribution in [0, 0.1) is 46.8 Å². The van der Waals surface area contributed by atoms with E-state index < -0.39 is 11.9 Å². The molecule has 216 valence electrons. The number of anilines is 1. The summed E-state index contributed by atoms with van der Waals surface area (Å²) >= 11 is 0. The molecule has 1 aromatic heterocycles. The molecule has 43 heavy (non-hydrogen) atoms. The number of nitrogens with zero attached hydrogens (tertiary/aromatic N) is 4. The highest BCUT2D eigenvalue weighted by atomic mass is 16.2. The number of likely N-dealkylation sites (tertiary alicyclic amines) is 1. The van der Waals surface area contributed by atoms with Crippen LogP contribution in [0.3, 0.4) is 0 Å². The minimum atomic E-state index is -0.688. The van der Waals surface area contributed by atoms with Crippen molar-refractivity contribution in [3.05, 3.63) is 59.4 Å². The van der Waals surface area contributed by atoms with Gasteiger partial charge in [-0.1, -0.05) is 18.2 Å². The van der Waals surface area contributed by atoms with Gasteiger partial charge in [0.05, 0.1) is 23.3 Å². The van der Waals surface area contributed by atoms with Crippen LogP contribution in [0.5, 0.6) is 0 Å². The molecule has 1 N–H and O–H groups in total. The molecule has 6 saturated carbocycles. The lowest BCUT2D eigenvalue weighted by Crippen LogP contribution is -3.07. The van der Waals surface area contributed by atoms with Gasteiger partial charge in [-0.15, -0.1) is 0 Å². The first-order valence-electron chi connectivity index (χ1n) is 16.0. The molecule has 8 fully saturated rings. The summed E-state index contributed by atoms with van der Waals surface area (Å²) in [5.74, 6) is 5.74. The molecule has 0 spiro atoms. The Kier molecular flexibility index (Phi) is 4.02. The summed E-state index contributed by atoms with van der Waals surface area (Å²) in [6, 6.07) is 9.36. The number of carbonyl (C=O) groups is 4. The fourth-order valence-corrected chi connectivity index (χ4v) is 11.8. The number of hydrogen-bond donors (Lipinski definition) is 1. The smallest absolute Gasteiger partial charge is 0.259 e. The fraction of sp³-hybridized carbons (Fsp3) is 0.500. The summed E-state index contributed by atoms with van der Waals surface area (Å²) in [6.45, 7) is 1.67. The zero-order valence-corrected chi connectivity index (χ0v) is 23.6. The number of benzene rings is 2. The van der Waals surface area contributed by atoms with Crippen molar-refractivity contribution in [1.82, 2.24) is 20.0 Å². The molecule has 2 aromatic carbocycles. The van der Waals surface area contributed by atoms with E-state index in [1.807, 2.05) is 36.5 Å². The van der Waals surface area contributed by atoms with Gasteiger partial charge in [0, 0.05) is 43.1 Å². The lowest BCUT2D eigenvalue weighted by atomic mass is 8.96. The van der Waals surface area contributed by atoms with E-state index in [0.717, 1.165) is 94.9 Å². The quantitative estimate of drug-likeness (QED) is 0.473. The predicted molar refractivity (Wildman–Crippen MR) is 154 cm³/mol. The molecule has 1 unspecified atom stereocenters. The monoisotopic (exact) mass is 573 g/mol. The predicted octanol–water partition coefficient (Wildman–Crippen LogP) is 2.92. The van der Waals surface area contributed by atoms with Gasteiger partial charge in [-0.25, -0.2) is 0 Å². The molecule has 1 atom stereocenters. The summed E-state index contributed by atoms with van der Waals surface area (Å²) in [6.07, 6.45) is 7.20. The Balaban J connectivity index is 0.810. The third-order valence-corrected chi connectivity index (χ3v) is 13.4. The second-order valence-electron chi connectivity index (χ2n) is 14.5. The first-order chi connectivity index (χ1) is 21.0. The molecular weight excluding hydrogens is 542 g/mol. The van der Waals surface area contributed by atoms with Crippen molar-refractivity contribution in [2.45, 2.75) is 44.2 Å². The van der Waals surface area contributed by atoms with Crippen LogP contribution >= 0.6 is 0 Å². The van der Waals surface area contributed by atoms with Crippen molar-refractivity contribution < 1.29 is 19.2 Å². The van der Waals surface area contributed by atoms with Gasteiger partial charge in [0.1, 0.15) is 6.04 Å². The third kappa shape index (κ3) is 2.41. The van der Waals surface area contributed by atoms with Crippen LogP contribution in [0.25, 0.3) is 10.8 Å². The van der Waals surface area contributed by atoms with E-state index in [0.29, 0.717) is 30.4 Å². The number of carbonyl (C=O) groups excluding carboxylic acids is 4. The minimum Gasteiger partial charge on any atom is -0.342 e. The molecule has 9 aliphatic rings. The molecule has 3 aliphatic heterocycles. The lowest BCUT2D eigenvalue weighted by Gasteiger charge is -3.06. The molecule has 12 rings (SSSR count). The molecule has 2 saturated heterocycles. The molecule has 6 aliphatic carbocycles. The molecule has 9 nitrogen and oxygen atoms in total. The number of aromatic nitrogens is 2. The van der Waals surface area contributed by atoms with E-state index >= 15 is 0 Å². The van der Waals surface area contributed by atoms with Crippen molar-refractivity contribution in [2.75, 3.05) is 18.0 Å². The van der Waals surface area contributed by atoms with Crippen LogP contribution in [-0.2, 0) is 20.8 Å². The van der Waals surface area contributed by atoms with Gasteiger partial charge in [0.2, 0.25) is 17.7 Å². The van der Waals surface area contributed by atoms with Crippen LogP contribution in [0.4, 0.5) is 5.69 Å². The number of imide groups is 1. The Morgan fingerprint density at radius 2 is 1.72 bits per heavy atom. The SMILES string of the molecule is O=C1CCC(N2C(=O)c3cccc4c(Cc5cnn(C6CCN(C(=O)C78C9C%10C%11C9C7C%11C%108)CC6)c5)ccc2c34)C(=O)N1. The summed E-state index contributed by atoms with van der Waals surface area (Å²) in [5.41, 5.74) is 3.64. The number of piperidine rings is 2. The van der Waals surface area contributed by atoms with Crippen molar-refractivity contribution >= 4 is 40.1 Å². The molecule has 9 heteroatoms. The maximum Gasteiger partial charge on any atom is 0.259 e. The Morgan fingerprint density at radius 3 is 2.47 bits per heavy atom. The van der Waals surface area contributed by atoms with Crippen LogP contribution in [-0.4, -0.2) is 57.4 Å². The standard InChI is InChI=1S/C34H31N5O4/c40-22-7-6-21(31(41)36-22)39-20-5-4-16(18-2-1-3-19(23(18)20)32(39)42)12-15-13-35-38(14-15)17-8-10-37(11-9-17)33(43)34-28-25-24-26(28)30(34)27(24)29(25)34/h1-5,13-14,17,21,24-30H,6-12H2,(H,36,40,41). The van der Waals surface area contributed by atoms with Crippen LogP contribution in [0.15, 0.2) is 42.7 Å². The Bertz CT molecular complexity index is 1820. The van der Waals surface area contributed by atoms with E-state index in [2.05, 4.69) is 21.1 Å². The largest absolute Gasteiger partial charge is 0.342 e. The minimum absolute atomic E-state index is 0.101. The highest BCUT2D eigenvalue weighted by Crippen LogP contribution is 3.06. The number of nitrogens with one attached hydrogen (secondary N) is 1. The van der Waals surface area contributed by atoms with E-state index in [9.17, 15) is 19.2 Å². The van der Waals surface area contributed by atoms with Crippen molar-refractivity contribution in [2.24, 2.45) is 46.8 Å². The highest BCUT2D eigenvalue weighted by molar-refractivity contribution is 6.27. The molecule has 4 amide bonds. The highest BCUT2D eigenvalue weighted by Gasteiger charge is 3.06. The van der Waals surface area contributed by atoms with E-state index in [1.165, 1.54) is 0 Å². The summed E-state index contributed by atoms with van der Waals surface area (Å²) in [4.78, 5) is 55.2. The van der Waals surface area contributed by atoms with Gasteiger partial charge in [0.25, 0.3) is 5.91 Å². The Labute approximate surface area is 247 Å². The molecule has 0 radical (unpaired) electrons. The summed E-state index contributed by atoms with van der Waals surface area (Å²) < 4.78 is 2.09. The van der Waals surface area contributed by atoms with Crippen molar-refractivity contribution in [3.63, 3.8) is 0 Å². The van der Waals surface area contributed by atoms with Gasteiger partial charge in [-0.05, 0) is 89.3 Å². The van der Waals surface area contributed by atoms with Crippen LogP contribution in [0.1, 0.15) is 53.2 Å². The van der Waals surface area contributed by atoms with Gasteiger partial charge in [-0.2, -0.15) is 5.10 Å². The molecular formula is C34H31N5O4. The number of amides is 4. The van der Waals surface area contributed by atoms with Gasteiger partial charge in [-0.3, -0.25) is 34.1 Å². The first kappa shape index (κ1) is 23.4. The Hall–Kier alpha value is -4.01. The average molecular weight is 574 g/mol. The normalized spacial score (nSPS) is 39.0. The molecule has 0 bridgehead atoms. The zero-order valence-electron chi connectivity index (χ0n) is 23.6. The van der Waals surface area contributed by atoms with Crippen LogP contribution in [0.2, 0.25) is 0 Å². The average Bonchev–Trinajstić information content (AvgIpc) is 3.61. The van der Waals surface area contributed by atoms with Crippen LogP contribution < -0.4 is 10.2 Å². The number of hydrogen-bond acceptors (Lipinski definition) is 5. The topological polar surface area (TPSA) is 105 Å². The van der Waals surface area contributed by atoms with Gasteiger partial charge < -0.3 is 4.90 Å². The maximum absolute atomic E-state index is 13.6. The van der Waals surface area contributed by atoms with Gasteiger partial charge >= 0.3 is 0 Å². The zero-order chi connectivity index (χ0) is 28.5. The molecule has 4 heterocycles. The summed E-state index contributed by atoms with van der Waals surface area (Å²) in [7, 11) is 0. The second-order valence-corrected chi connectivity index (χ2v) is 14.5. The Morgan fingerprint density at radius 1 is 0.953 bits per heavy atom. The first-order valence-corrected chi connectivity index (χ1v) is 16.0. The van der Waals surface area contributed by atoms with Crippen molar-refractivity contribution in [1.29, 1.82) is 0 Å². The van der Waals surface area contributed by atoms with E-state index in [-0.39, 0.29) is 23.7 Å². The lowest BCUT2D eigenvalue weighted by molar-refractivity contribution is -0.597. The van der Waals surface area contributed by atoms with E-state index in [1.54, 1.807) is 4.90 Å². The number of rotatable bonds is 5. The fourth-order valence-electron chi connectivity index (χ4n) is 11.8. The second kappa shape index (κ2) is 7.37. The van der Waals surface area contributed by atoms with Crippen molar-refractivity contribution in [3.8, 4) is 0 Å². The molecule has 3 aromatic rings. The summed E-state index contributed by atoms with van der Waals surface area (Å²) in [5, 5.41) is 9.01. The van der Waals surface area contributed by atoms with Gasteiger partial charge in [0.15, 0.2) is 0 Å². The van der Waals surface area contributed by atoms with E-state index in [4.69, 9.17) is 5.10 Å².